The molecular formula is C12H14O. The third kappa shape index (κ3) is 1.65. The third-order valence-electron chi connectivity index (χ3n) is 2.67. The van der Waals surface area contributed by atoms with Gasteiger partial charge in [-0.05, 0) is 36.0 Å². The Morgan fingerprint density at radius 1 is 1.38 bits per heavy atom. The number of fused-ring (bicyclic) bond motifs is 1. The zero-order chi connectivity index (χ0) is 9.26. The van der Waals surface area contributed by atoms with Crippen LogP contribution >= 0.6 is 0 Å². The van der Waals surface area contributed by atoms with Crippen LogP contribution in [0, 0.1) is 0 Å². The lowest BCUT2D eigenvalue weighted by atomic mass is 9.89. The second kappa shape index (κ2) is 3.35. The van der Waals surface area contributed by atoms with E-state index in [0.29, 0.717) is 0 Å². The van der Waals surface area contributed by atoms with Gasteiger partial charge in [0, 0.05) is 0 Å². The minimum Gasteiger partial charge on any atom is -0.393 e. The first-order valence-electron chi connectivity index (χ1n) is 4.72. The molecule has 1 atom stereocenters. The lowest BCUT2D eigenvalue weighted by Crippen LogP contribution is -2.18. The Balaban J connectivity index is 2.38. The van der Waals surface area contributed by atoms with Crippen molar-refractivity contribution in [3.63, 3.8) is 0 Å². The molecule has 1 unspecified atom stereocenters. The van der Waals surface area contributed by atoms with E-state index in [2.05, 4.69) is 24.8 Å². The van der Waals surface area contributed by atoms with Crippen LogP contribution in [-0.4, -0.2) is 11.2 Å². The van der Waals surface area contributed by atoms with Crippen LogP contribution in [0.1, 0.15) is 23.1 Å². The molecule has 1 aromatic rings. The van der Waals surface area contributed by atoms with Crippen molar-refractivity contribution in [1.29, 1.82) is 0 Å². The van der Waals surface area contributed by atoms with Crippen molar-refractivity contribution in [2.45, 2.75) is 25.4 Å². The highest BCUT2D eigenvalue weighted by Gasteiger charge is 2.15. The van der Waals surface area contributed by atoms with Gasteiger partial charge in [-0.1, -0.05) is 30.9 Å². The van der Waals surface area contributed by atoms with E-state index in [9.17, 15) is 5.11 Å². The molecule has 1 N–H and O–H groups in total. The van der Waals surface area contributed by atoms with Crippen molar-refractivity contribution in [3.8, 4) is 0 Å². The van der Waals surface area contributed by atoms with E-state index in [-0.39, 0.29) is 6.10 Å². The monoisotopic (exact) mass is 174 g/mol. The van der Waals surface area contributed by atoms with Crippen molar-refractivity contribution < 1.29 is 5.11 Å². The van der Waals surface area contributed by atoms with Gasteiger partial charge >= 0.3 is 0 Å². The quantitative estimate of drug-likeness (QED) is 0.692. The molecule has 1 aromatic carbocycles. The number of aliphatic hydroxyl groups is 1. The molecule has 0 radical (unpaired) electrons. The number of hydrogen-bond donors (Lipinski definition) is 1. The molecule has 0 heterocycles. The number of hydrogen-bond acceptors (Lipinski definition) is 1. The standard InChI is InChI=1S/C12H14O/c1-2-9-3-4-10-5-6-12(13)8-11(10)7-9/h2-4,7,12-13H,1,5-6,8H2. The van der Waals surface area contributed by atoms with Gasteiger partial charge in [-0.2, -0.15) is 0 Å². The fraction of sp³-hybridized carbons (Fsp3) is 0.333. The normalized spacial score (nSPS) is 20.8. The Morgan fingerprint density at radius 3 is 3.00 bits per heavy atom. The van der Waals surface area contributed by atoms with Crippen molar-refractivity contribution in [2.24, 2.45) is 0 Å². The van der Waals surface area contributed by atoms with Crippen LogP contribution in [0.15, 0.2) is 24.8 Å². The lowest BCUT2D eigenvalue weighted by Gasteiger charge is -2.20. The van der Waals surface area contributed by atoms with Crippen LogP contribution in [-0.2, 0) is 12.8 Å². The van der Waals surface area contributed by atoms with Crippen LogP contribution in [0.5, 0.6) is 0 Å². The first-order chi connectivity index (χ1) is 6.29. The van der Waals surface area contributed by atoms with Gasteiger partial charge in [0.2, 0.25) is 0 Å². The summed E-state index contributed by atoms with van der Waals surface area (Å²) in [7, 11) is 0. The second-order valence-electron chi connectivity index (χ2n) is 3.63. The molecular weight excluding hydrogens is 160 g/mol. The summed E-state index contributed by atoms with van der Waals surface area (Å²) in [5, 5.41) is 9.49. The average molecular weight is 174 g/mol. The maximum absolute atomic E-state index is 9.49. The summed E-state index contributed by atoms with van der Waals surface area (Å²) in [5.74, 6) is 0. The van der Waals surface area contributed by atoms with Gasteiger partial charge < -0.3 is 5.11 Å². The zero-order valence-corrected chi connectivity index (χ0v) is 7.66. The van der Waals surface area contributed by atoms with Crippen LogP contribution in [0.4, 0.5) is 0 Å². The van der Waals surface area contributed by atoms with E-state index < -0.39 is 0 Å². The van der Waals surface area contributed by atoms with Gasteiger partial charge in [-0.15, -0.1) is 0 Å². The highest BCUT2D eigenvalue weighted by molar-refractivity contribution is 5.50. The van der Waals surface area contributed by atoms with Crippen molar-refractivity contribution in [1.82, 2.24) is 0 Å². The topological polar surface area (TPSA) is 20.2 Å². The Morgan fingerprint density at radius 2 is 2.23 bits per heavy atom. The molecule has 0 bridgehead atoms. The molecule has 1 heteroatoms. The van der Waals surface area contributed by atoms with Crippen molar-refractivity contribution >= 4 is 6.08 Å². The van der Waals surface area contributed by atoms with Crippen molar-refractivity contribution in [3.05, 3.63) is 41.5 Å². The molecule has 0 saturated carbocycles. The maximum Gasteiger partial charge on any atom is 0.0583 e. The first kappa shape index (κ1) is 8.52. The van der Waals surface area contributed by atoms with Gasteiger partial charge in [0.25, 0.3) is 0 Å². The van der Waals surface area contributed by atoms with E-state index in [0.717, 1.165) is 24.8 Å². The largest absolute Gasteiger partial charge is 0.393 e. The van der Waals surface area contributed by atoms with E-state index in [1.807, 2.05) is 6.08 Å². The molecule has 68 valence electrons. The molecule has 1 aliphatic carbocycles. The molecule has 2 rings (SSSR count). The molecule has 1 nitrogen and oxygen atoms in total. The molecule has 0 aromatic heterocycles. The Bertz CT molecular complexity index is 328. The first-order valence-corrected chi connectivity index (χ1v) is 4.72. The third-order valence-corrected chi connectivity index (χ3v) is 2.67. The van der Waals surface area contributed by atoms with Gasteiger partial charge in [-0.3, -0.25) is 0 Å². The van der Waals surface area contributed by atoms with Crippen LogP contribution in [0.25, 0.3) is 6.08 Å². The molecule has 0 saturated heterocycles. The fourth-order valence-corrected chi connectivity index (χ4v) is 1.88. The lowest BCUT2D eigenvalue weighted by molar-refractivity contribution is 0.158. The van der Waals surface area contributed by atoms with Gasteiger partial charge in [0.05, 0.1) is 6.10 Å². The highest BCUT2D eigenvalue weighted by atomic mass is 16.3. The summed E-state index contributed by atoms with van der Waals surface area (Å²) < 4.78 is 0. The van der Waals surface area contributed by atoms with Gasteiger partial charge in [-0.25, -0.2) is 0 Å². The molecule has 0 aliphatic heterocycles. The smallest absolute Gasteiger partial charge is 0.0583 e. The summed E-state index contributed by atoms with van der Waals surface area (Å²) >= 11 is 0. The Kier molecular flexibility index (Phi) is 2.19. The SMILES string of the molecule is C=Cc1ccc2c(c1)CC(O)CC2. The summed E-state index contributed by atoms with van der Waals surface area (Å²) in [6.45, 7) is 3.74. The van der Waals surface area contributed by atoms with Crippen LogP contribution < -0.4 is 0 Å². The van der Waals surface area contributed by atoms with Gasteiger partial charge in [0.15, 0.2) is 0 Å². The zero-order valence-electron chi connectivity index (χ0n) is 7.66. The van der Waals surface area contributed by atoms with E-state index in [4.69, 9.17) is 0 Å². The number of aliphatic hydroxyl groups excluding tert-OH is 1. The number of benzene rings is 1. The van der Waals surface area contributed by atoms with Crippen LogP contribution in [0.3, 0.4) is 0 Å². The summed E-state index contributed by atoms with van der Waals surface area (Å²) in [6, 6.07) is 6.37. The predicted octanol–water partition coefficient (Wildman–Crippen LogP) is 2.18. The van der Waals surface area contributed by atoms with Crippen LogP contribution in [0.2, 0.25) is 0 Å². The van der Waals surface area contributed by atoms with Crippen molar-refractivity contribution in [2.75, 3.05) is 0 Å². The van der Waals surface area contributed by atoms with E-state index >= 15 is 0 Å². The highest BCUT2D eigenvalue weighted by Crippen LogP contribution is 2.22. The summed E-state index contributed by atoms with van der Waals surface area (Å²) in [6.07, 6.45) is 4.42. The second-order valence-corrected chi connectivity index (χ2v) is 3.63. The Hall–Kier alpha value is -1.08. The molecule has 13 heavy (non-hydrogen) atoms. The summed E-state index contributed by atoms with van der Waals surface area (Å²) in [4.78, 5) is 0. The average Bonchev–Trinajstić information content (AvgIpc) is 2.16. The van der Waals surface area contributed by atoms with Gasteiger partial charge in [0.1, 0.15) is 0 Å². The maximum atomic E-state index is 9.49. The number of rotatable bonds is 1. The summed E-state index contributed by atoms with van der Waals surface area (Å²) in [5.41, 5.74) is 3.82. The molecule has 0 amide bonds. The molecule has 0 spiro atoms. The predicted molar refractivity (Wildman–Crippen MR) is 54.6 cm³/mol. The van der Waals surface area contributed by atoms with E-state index in [1.54, 1.807) is 0 Å². The fourth-order valence-electron chi connectivity index (χ4n) is 1.88. The Labute approximate surface area is 78.7 Å². The van der Waals surface area contributed by atoms with E-state index in [1.165, 1.54) is 11.1 Å². The number of aryl methyl sites for hydroxylation is 1. The minimum absolute atomic E-state index is 0.146. The molecule has 0 fully saturated rings. The molecule has 1 aliphatic rings. The minimum atomic E-state index is -0.146.